The summed E-state index contributed by atoms with van der Waals surface area (Å²) in [6, 6.07) is 14.1. The SMILES string of the molecule is CN1CC[C@]2(C(N)=O)CCCN(C(=O)Cc3cccc4ccccc34)[C@H]2C1. The molecule has 0 spiro atoms. The lowest BCUT2D eigenvalue weighted by Crippen LogP contribution is -2.66. The van der Waals surface area contributed by atoms with E-state index in [0.29, 0.717) is 19.5 Å². The first-order valence-corrected chi connectivity index (χ1v) is 9.76. The first-order valence-electron chi connectivity index (χ1n) is 9.76. The van der Waals surface area contributed by atoms with Crippen molar-refractivity contribution in [3.8, 4) is 0 Å². The fourth-order valence-corrected chi connectivity index (χ4v) is 4.95. The highest BCUT2D eigenvalue weighted by atomic mass is 16.2. The summed E-state index contributed by atoms with van der Waals surface area (Å²) < 4.78 is 0. The van der Waals surface area contributed by atoms with Gasteiger partial charge in [-0.2, -0.15) is 0 Å². The van der Waals surface area contributed by atoms with Crippen molar-refractivity contribution >= 4 is 22.6 Å². The van der Waals surface area contributed by atoms with E-state index in [4.69, 9.17) is 5.73 Å². The molecule has 0 aliphatic carbocycles. The number of nitrogens with two attached hydrogens (primary N) is 1. The minimum atomic E-state index is -0.570. The molecule has 2 aliphatic heterocycles. The number of primary amides is 1. The summed E-state index contributed by atoms with van der Waals surface area (Å²) in [5, 5.41) is 2.26. The summed E-state index contributed by atoms with van der Waals surface area (Å²) in [6.45, 7) is 2.27. The van der Waals surface area contributed by atoms with E-state index in [0.717, 1.165) is 42.1 Å². The molecule has 2 aromatic rings. The first kappa shape index (κ1) is 18.0. The lowest BCUT2D eigenvalue weighted by Gasteiger charge is -2.52. The number of amides is 2. The Morgan fingerprint density at radius 2 is 1.89 bits per heavy atom. The molecule has 2 atom stereocenters. The number of rotatable bonds is 3. The van der Waals surface area contributed by atoms with Gasteiger partial charge in [0.1, 0.15) is 0 Å². The van der Waals surface area contributed by atoms with E-state index >= 15 is 0 Å². The third-order valence-electron chi connectivity index (χ3n) is 6.49. The Balaban J connectivity index is 1.63. The van der Waals surface area contributed by atoms with Crippen molar-refractivity contribution in [2.24, 2.45) is 11.1 Å². The standard InChI is InChI=1S/C22H27N3O2/c1-24-13-11-22(21(23)27)10-5-12-25(19(22)15-24)20(26)14-17-8-4-7-16-6-2-3-9-18(16)17/h2-4,6-9,19H,5,10-15H2,1H3,(H2,23,27)/t19-,22+/m0/s1. The topological polar surface area (TPSA) is 66.6 Å². The minimum Gasteiger partial charge on any atom is -0.369 e. The highest BCUT2D eigenvalue weighted by molar-refractivity contribution is 5.91. The van der Waals surface area contributed by atoms with Crippen molar-refractivity contribution in [2.75, 3.05) is 26.7 Å². The van der Waals surface area contributed by atoms with Gasteiger partial charge in [0.05, 0.1) is 17.9 Å². The maximum atomic E-state index is 13.3. The minimum absolute atomic E-state index is 0.0944. The lowest BCUT2D eigenvalue weighted by atomic mass is 9.67. The maximum Gasteiger partial charge on any atom is 0.227 e. The molecule has 0 unspecified atom stereocenters. The number of likely N-dealkylation sites (tertiary alicyclic amines) is 2. The molecule has 2 fully saturated rings. The van der Waals surface area contributed by atoms with Crippen molar-refractivity contribution in [1.82, 2.24) is 9.80 Å². The molecular formula is C22H27N3O2. The van der Waals surface area contributed by atoms with Crippen LogP contribution < -0.4 is 5.73 Å². The van der Waals surface area contributed by atoms with Crippen LogP contribution in [0.5, 0.6) is 0 Å². The smallest absolute Gasteiger partial charge is 0.227 e. The summed E-state index contributed by atoms with van der Waals surface area (Å²) in [6.07, 6.45) is 2.72. The molecule has 2 amide bonds. The summed E-state index contributed by atoms with van der Waals surface area (Å²) in [5.74, 6) is -0.153. The predicted molar refractivity (Wildman–Crippen MR) is 106 cm³/mol. The number of hydrogen-bond acceptors (Lipinski definition) is 3. The van der Waals surface area contributed by atoms with Gasteiger partial charge in [-0.05, 0) is 49.2 Å². The fourth-order valence-electron chi connectivity index (χ4n) is 4.95. The van der Waals surface area contributed by atoms with Gasteiger partial charge in [-0.25, -0.2) is 0 Å². The number of piperidine rings is 2. The zero-order valence-electron chi connectivity index (χ0n) is 15.9. The van der Waals surface area contributed by atoms with Crippen molar-refractivity contribution < 1.29 is 9.59 Å². The second kappa shape index (κ2) is 6.97. The number of likely N-dealkylation sites (N-methyl/N-ethyl adjacent to an activating group) is 1. The Morgan fingerprint density at radius 1 is 1.11 bits per heavy atom. The molecule has 4 rings (SSSR count). The molecule has 2 N–H and O–H groups in total. The molecule has 0 aromatic heterocycles. The Hall–Kier alpha value is -2.40. The number of carbonyl (C=O) groups is 2. The summed E-state index contributed by atoms with van der Waals surface area (Å²) in [7, 11) is 2.05. The third-order valence-corrected chi connectivity index (χ3v) is 6.49. The van der Waals surface area contributed by atoms with E-state index < -0.39 is 5.41 Å². The molecule has 0 bridgehead atoms. The van der Waals surface area contributed by atoms with Gasteiger partial charge >= 0.3 is 0 Å². The van der Waals surface area contributed by atoms with Crippen LogP contribution in [0.2, 0.25) is 0 Å². The summed E-state index contributed by atoms with van der Waals surface area (Å²) >= 11 is 0. The van der Waals surface area contributed by atoms with Crippen LogP contribution in [-0.2, 0) is 16.0 Å². The Morgan fingerprint density at radius 3 is 2.70 bits per heavy atom. The fraction of sp³-hybridized carbons (Fsp3) is 0.455. The second-order valence-electron chi connectivity index (χ2n) is 8.05. The van der Waals surface area contributed by atoms with Crippen molar-refractivity contribution in [3.63, 3.8) is 0 Å². The van der Waals surface area contributed by atoms with Crippen LogP contribution in [0.4, 0.5) is 0 Å². The molecule has 27 heavy (non-hydrogen) atoms. The Bertz CT molecular complexity index is 875. The monoisotopic (exact) mass is 365 g/mol. The first-order chi connectivity index (χ1) is 13.0. The van der Waals surface area contributed by atoms with Crippen LogP contribution in [0.15, 0.2) is 42.5 Å². The molecule has 2 aromatic carbocycles. The van der Waals surface area contributed by atoms with Gasteiger partial charge < -0.3 is 15.5 Å². The predicted octanol–water partition coefficient (Wildman–Crippen LogP) is 2.18. The molecule has 5 nitrogen and oxygen atoms in total. The molecule has 2 aliphatic rings. The van der Waals surface area contributed by atoms with Gasteiger partial charge in [0.15, 0.2) is 0 Å². The van der Waals surface area contributed by atoms with E-state index in [1.165, 1.54) is 0 Å². The quantitative estimate of drug-likeness (QED) is 0.907. The van der Waals surface area contributed by atoms with Crippen LogP contribution in [-0.4, -0.2) is 54.3 Å². The van der Waals surface area contributed by atoms with Gasteiger partial charge in [0, 0.05) is 13.1 Å². The average Bonchev–Trinajstić information content (AvgIpc) is 2.67. The molecule has 2 saturated heterocycles. The van der Waals surface area contributed by atoms with Crippen LogP contribution in [0.3, 0.4) is 0 Å². The lowest BCUT2D eigenvalue weighted by molar-refractivity contribution is -0.151. The molecule has 2 heterocycles. The van der Waals surface area contributed by atoms with Gasteiger partial charge in [-0.3, -0.25) is 9.59 Å². The summed E-state index contributed by atoms with van der Waals surface area (Å²) in [4.78, 5) is 29.8. The number of fused-ring (bicyclic) bond motifs is 2. The van der Waals surface area contributed by atoms with E-state index in [-0.39, 0.29) is 17.9 Å². The number of nitrogens with zero attached hydrogens (tertiary/aromatic N) is 2. The van der Waals surface area contributed by atoms with E-state index in [9.17, 15) is 9.59 Å². The van der Waals surface area contributed by atoms with Crippen molar-refractivity contribution in [1.29, 1.82) is 0 Å². The van der Waals surface area contributed by atoms with Gasteiger partial charge in [-0.15, -0.1) is 0 Å². The molecule has 0 saturated carbocycles. The highest BCUT2D eigenvalue weighted by Gasteiger charge is 2.52. The second-order valence-corrected chi connectivity index (χ2v) is 8.05. The molecule has 5 heteroatoms. The Kier molecular flexibility index (Phi) is 4.64. The average molecular weight is 365 g/mol. The van der Waals surface area contributed by atoms with E-state index in [1.807, 2.05) is 36.2 Å². The Labute approximate surface area is 160 Å². The van der Waals surface area contributed by atoms with Crippen LogP contribution in [0, 0.1) is 5.41 Å². The maximum absolute atomic E-state index is 13.3. The van der Waals surface area contributed by atoms with Gasteiger partial charge in [0.2, 0.25) is 11.8 Å². The summed E-state index contributed by atoms with van der Waals surface area (Å²) in [5.41, 5.74) is 6.32. The number of benzene rings is 2. The number of hydrogen-bond donors (Lipinski definition) is 1. The molecule has 142 valence electrons. The van der Waals surface area contributed by atoms with Gasteiger partial charge in [-0.1, -0.05) is 42.5 Å². The zero-order chi connectivity index (χ0) is 19.0. The highest BCUT2D eigenvalue weighted by Crippen LogP contribution is 2.42. The third kappa shape index (κ3) is 3.10. The normalized spacial score (nSPS) is 26.0. The van der Waals surface area contributed by atoms with Gasteiger partial charge in [0.25, 0.3) is 0 Å². The molecule has 0 radical (unpaired) electrons. The van der Waals surface area contributed by atoms with E-state index in [1.54, 1.807) is 0 Å². The molecular weight excluding hydrogens is 338 g/mol. The number of carbonyl (C=O) groups excluding carboxylic acids is 2. The largest absolute Gasteiger partial charge is 0.369 e. The van der Waals surface area contributed by atoms with Crippen LogP contribution >= 0.6 is 0 Å². The van der Waals surface area contributed by atoms with Crippen molar-refractivity contribution in [3.05, 3.63) is 48.0 Å². The van der Waals surface area contributed by atoms with E-state index in [2.05, 4.69) is 23.1 Å². The van der Waals surface area contributed by atoms with Crippen LogP contribution in [0.1, 0.15) is 24.8 Å². The van der Waals surface area contributed by atoms with Crippen molar-refractivity contribution in [2.45, 2.75) is 31.7 Å². The zero-order valence-corrected chi connectivity index (χ0v) is 15.9. The van der Waals surface area contributed by atoms with Crippen LogP contribution in [0.25, 0.3) is 10.8 Å².